The normalized spacial score (nSPS) is 11.4. The van der Waals surface area contributed by atoms with Gasteiger partial charge in [-0.3, -0.25) is 4.79 Å². The lowest BCUT2D eigenvalue weighted by molar-refractivity contribution is 0.0952. The van der Waals surface area contributed by atoms with Crippen molar-refractivity contribution < 1.29 is 17.9 Å². The van der Waals surface area contributed by atoms with E-state index in [0.29, 0.717) is 12.1 Å². The number of carbonyl (C=O) groups is 1. The van der Waals surface area contributed by atoms with Gasteiger partial charge in [-0.05, 0) is 31.0 Å². The van der Waals surface area contributed by atoms with E-state index in [9.17, 15) is 13.2 Å². The predicted molar refractivity (Wildman–Crippen MR) is 90.1 cm³/mol. The highest BCUT2D eigenvalue weighted by Gasteiger charge is 2.17. The lowest BCUT2D eigenvalue weighted by Gasteiger charge is -2.11. The van der Waals surface area contributed by atoms with Crippen molar-refractivity contribution in [2.24, 2.45) is 0 Å². The smallest absolute Gasteiger partial charge is 0.251 e. The summed E-state index contributed by atoms with van der Waals surface area (Å²) < 4.78 is 31.7. The maximum atomic E-state index is 12.2. The molecule has 0 saturated heterocycles. The van der Waals surface area contributed by atoms with E-state index in [1.54, 1.807) is 13.0 Å². The Morgan fingerprint density at radius 2 is 1.96 bits per heavy atom. The molecule has 2 N–H and O–H groups in total. The van der Waals surface area contributed by atoms with Gasteiger partial charge in [0.25, 0.3) is 5.91 Å². The molecular weight excluding hydrogens is 316 g/mol. The number of rotatable bonds is 10. The maximum absolute atomic E-state index is 12.2. The zero-order chi connectivity index (χ0) is 17.3. The summed E-state index contributed by atoms with van der Waals surface area (Å²) in [5, 5.41) is 2.83. The van der Waals surface area contributed by atoms with Crippen molar-refractivity contribution in [3.63, 3.8) is 0 Å². The second-order valence-corrected chi connectivity index (χ2v) is 7.10. The average molecular weight is 342 g/mol. The van der Waals surface area contributed by atoms with Crippen molar-refractivity contribution in [1.82, 2.24) is 10.0 Å². The summed E-state index contributed by atoms with van der Waals surface area (Å²) in [6.07, 6.45) is 3.05. The number of nitrogens with one attached hydrogen (secondary N) is 2. The van der Waals surface area contributed by atoms with Crippen LogP contribution in [0.4, 0.5) is 0 Å². The summed E-state index contributed by atoms with van der Waals surface area (Å²) in [4.78, 5) is 12.3. The van der Waals surface area contributed by atoms with Gasteiger partial charge in [0.2, 0.25) is 10.0 Å². The van der Waals surface area contributed by atoms with Crippen LogP contribution in [0.3, 0.4) is 0 Å². The standard InChI is InChI=1S/C16H26N2O4S/c1-4-5-6-9-17-16(19)15-12-14(8-7-13(15)2)23(20,21)18-10-11-22-3/h7-8,12,18H,4-6,9-11H2,1-3H3,(H,17,19). The highest BCUT2D eigenvalue weighted by molar-refractivity contribution is 7.89. The molecule has 0 saturated carbocycles. The number of hydrogen-bond donors (Lipinski definition) is 2. The summed E-state index contributed by atoms with van der Waals surface area (Å²) in [5.74, 6) is -0.243. The molecule has 0 aliphatic carbocycles. The van der Waals surface area contributed by atoms with Gasteiger partial charge in [-0.2, -0.15) is 0 Å². The van der Waals surface area contributed by atoms with Gasteiger partial charge >= 0.3 is 0 Å². The van der Waals surface area contributed by atoms with Crippen LogP contribution in [0.1, 0.15) is 42.1 Å². The minimum absolute atomic E-state index is 0.0814. The molecule has 0 bridgehead atoms. The Balaban J connectivity index is 2.84. The molecule has 0 aromatic heterocycles. The zero-order valence-electron chi connectivity index (χ0n) is 14.0. The Hall–Kier alpha value is -1.44. The van der Waals surface area contributed by atoms with E-state index >= 15 is 0 Å². The predicted octanol–water partition coefficient (Wildman–Crippen LogP) is 1.84. The van der Waals surface area contributed by atoms with Gasteiger partial charge in [0.05, 0.1) is 11.5 Å². The first kappa shape index (κ1) is 19.6. The number of sulfonamides is 1. The highest BCUT2D eigenvalue weighted by Crippen LogP contribution is 2.15. The van der Waals surface area contributed by atoms with Crippen molar-refractivity contribution in [1.29, 1.82) is 0 Å². The van der Waals surface area contributed by atoms with Gasteiger partial charge in [0.15, 0.2) is 0 Å². The summed E-state index contributed by atoms with van der Waals surface area (Å²) >= 11 is 0. The first-order valence-electron chi connectivity index (χ1n) is 7.79. The third kappa shape index (κ3) is 6.29. The summed E-state index contributed by atoms with van der Waals surface area (Å²) in [6.45, 7) is 4.95. The minimum atomic E-state index is -3.64. The van der Waals surface area contributed by atoms with E-state index < -0.39 is 10.0 Å². The van der Waals surface area contributed by atoms with E-state index in [4.69, 9.17) is 4.74 Å². The van der Waals surface area contributed by atoms with Crippen molar-refractivity contribution in [3.05, 3.63) is 29.3 Å². The fourth-order valence-corrected chi connectivity index (χ4v) is 3.09. The Morgan fingerprint density at radius 3 is 2.61 bits per heavy atom. The summed E-state index contributed by atoms with van der Waals surface area (Å²) in [6, 6.07) is 4.56. The van der Waals surface area contributed by atoms with Gasteiger partial charge in [-0.1, -0.05) is 25.8 Å². The quantitative estimate of drug-likeness (QED) is 0.636. The Labute approximate surface area is 138 Å². The van der Waals surface area contributed by atoms with Gasteiger partial charge in [-0.25, -0.2) is 13.1 Å². The molecule has 130 valence electrons. The van der Waals surface area contributed by atoms with E-state index in [0.717, 1.165) is 24.8 Å². The number of amides is 1. The Bertz CT molecular complexity index is 615. The largest absolute Gasteiger partial charge is 0.383 e. The van der Waals surface area contributed by atoms with E-state index in [1.807, 2.05) is 0 Å². The molecule has 0 atom stereocenters. The number of methoxy groups -OCH3 is 1. The van der Waals surface area contributed by atoms with Gasteiger partial charge in [0, 0.05) is 25.8 Å². The lowest BCUT2D eigenvalue weighted by Crippen LogP contribution is -2.28. The second-order valence-electron chi connectivity index (χ2n) is 5.33. The first-order valence-corrected chi connectivity index (χ1v) is 9.28. The van der Waals surface area contributed by atoms with Crippen LogP contribution in [-0.2, 0) is 14.8 Å². The van der Waals surface area contributed by atoms with Gasteiger partial charge in [-0.15, -0.1) is 0 Å². The molecule has 1 amide bonds. The average Bonchev–Trinajstić information content (AvgIpc) is 2.51. The summed E-state index contributed by atoms with van der Waals surface area (Å²) in [7, 11) is -2.14. The third-order valence-corrected chi connectivity index (χ3v) is 4.89. The molecule has 0 fully saturated rings. The molecular formula is C16H26N2O4S. The number of benzene rings is 1. The van der Waals surface area contributed by atoms with Gasteiger partial charge < -0.3 is 10.1 Å². The van der Waals surface area contributed by atoms with Crippen LogP contribution in [0.25, 0.3) is 0 Å². The van der Waals surface area contributed by atoms with Crippen LogP contribution in [0.5, 0.6) is 0 Å². The molecule has 0 aliphatic heterocycles. The summed E-state index contributed by atoms with van der Waals surface area (Å²) in [5.41, 5.74) is 1.13. The van der Waals surface area contributed by atoms with E-state index in [2.05, 4.69) is 17.0 Å². The van der Waals surface area contributed by atoms with Crippen LogP contribution < -0.4 is 10.0 Å². The molecule has 0 spiro atoms. The number of ether oxygens (including phenoxy) is 1. The van der Waals surface area contributed by atoms with Crippen molar-refractivity contribution >= 4 is 15.9 Å². The first-order chi connectivity index (χ1) is 10.9. The molecule has 0 radical (unpaired) electrons. The molecule has 1 aromatic carbocycles. The van der Waals surface area contributed by atoms with Crippen LogP contribution in [0.2, 0.25) is 0 Å². The van der Waals surface area contributed by atoms with Crippen molar-refractivity contribution in [3.8, 4) is 0 Å². The molecule has 1 rings (SSSR count). The molecule has 23 heavy (non-hydrogen) atoms. The highest BCUT2D eigenvalue weighted by atomic mass is 32.2. The Kier molecular flexibility index (Phi) is 8.22. The third-order valence-electron chi connectivity index (χ3n) is 3.43. The molecule has 7 heteroatoms. The van der Waals surface area contributed by atoms with Crippen LogP contribution in [0, 0.1) is 6.92 Å². The Morgan fingerprint density at radius 1 is 1.22 bits per heavy atom. The lowest BCUT2D eigenvalue weighted by atomic mass is 10.1. The molecule has 0 unspecified atom stereocenters. The topological polar surface area (TPSA) is 84.5 Å². The number of aryl methyl sites for hydroxylation is 1. The zero-order valence-corrected chi connectivity index (χ0v) is 14.8. The van der Waals surface area contributed by atoms with Crippen LogP contribution in [0.15, 0.2) is 23.1 Å². The fourth-order valence-electron chi connectivity index (χ4n) is 2.05. The van der Waals surface area contributed by atoms with E-state index in [1.165, 1.54) is 19.2 Å². The van der Waals surface area contributed by atoms with Crippen LogP contribution in [-0.4, -0.2) is 41.1 Å². The second kappa shape index (κ2) is 9.64. The minimum Gasteiger partial charge on any atom is -0.383 e. The monoisotopic (exact) mass is 342 g/mol. The van der Waals surface area contributed by atoms with Crippen LogP contribution >= 0.6 is 0 Å². The fraction of sp³-hybridized carbons (Fsp3) is 0.562. The SMILES string of the molecule is CCCCCNC(=O)c1cc(S(=O)(=O)NCCOC)ccc1C. The molecule has 0 aliphatic rings. The van der Waals surface area contributed by atoms with Crippen molar-refractivity contribution in [2.45, 2.75) is 38.0 Å². The van der Waals surface area contributed by atoms with E-state index in [-0.39, 0.29) is 24.0 Å². The molecule has 0 heterocycles. The van der Waals surface area contributed by atoms with Gasteiger partial charge in [0.1, 0.15) is 0 Å². The number of unbranched alkanes of at least 4 members (excludes halogenated alkanes) is 2. The maximum Gasteiger partial charge on any atom is 0.251 e. The van der Waals surface area contributed by atoms with Crippen molar-refractivity contribution in [2.75, 3.05) is 26.8 Å². The number of hydrogen-bond acceptors (Lipinski definition) is 4. The molecule has 6 nitrogen and oxygen atoms in total. The number of carbonyl (C=O) groups excluding carboxylic acids is 1. The molecule has 1 aromatic rings.